The van der Waals surface area contributed by atoms with Crippen LogP contribution < -0.4 is 0 Å². The molecule has 0 saturated heterocycles. The molecule has 0 saturated carbocycles. The van der Waals surface area contributed by atoms with Crippen LogP contribution in [0.3, 0.4) is 0 Å². The zero-order valence-corrected chi connectivity index (χ0v) is 6.20. The lowest BCUT2D eigenvalue weighted by molar-refractivity contribution is 1.19. The minimum Gasteiger partial charge on any atom is -0.330 e. The first-order valence-corrected chi connectivity index (χ1v) is 3.59. The van der Waals surface area contributed by atoms with Crippen molar-refractivity contribution in [3.05, 3.63) is 43.2 Å². The zero-order chi connectivity index (χ0) is 7.68. The summed E-state index contributed by atoms with van der Waals surface area (Å²) in [6.45, 7) is 3.69. The van der Waals surface area contributed by atoms with Crippen molar-refractivity contribution in [2.75, 3.05) is 0 Å². The molecule has 0 N–H and O–H groups in total. The Morgan fingerprint density at radius 2 is 1.64 bits per heavy atom. The molecule has 1 heteroatoms. The quantitative estimate of drug-likeness (QED) is 0.578. The van der Waals surface area contributed by atoms with Crippen LogP contribution in [0.25, 0.3) is 17.0 Å². The summed E-state index contributed by atoms with van der Waals surface area (Å²) < 4.78 is 1.96. The van der Waals surface area contributed by atoms with E-state index >= 15 is 0 Å². The number of hydrogen-bond acceptors (Lipinski definition) is 0. The summed E-state index contributed by atoms with van der Waals surface area (Å²) in [5, 5.41) is 2.51. The highest BCUT2D eigenvalue weighted by Gasteiger charge is 1.92. The number of benzene rings is 1. The van der Waals surface area contributed by atoms with Gasteiger partial charge in [0.15, 0.2) is 0 Å². The molecule has 0 aliphatic heterocycles. The lowest BCUT2D eigenvalue weighted by Gasteiger charge is -1.83. The van der Waals surface area contributed by atoms with Crippen molar-refractivity contribution >= 4 is 17.0 Å². The second-order valence-corrected chi connectivity index (χ2v) is 2.52. The lowest BCUT2D eigenvalue weighted by atomic mass is 10.2. The Labute approximate surface area is 65.6 Å². The third-order valence-corrected chi connectivity index (χ3v) is 1.78. The minimum atomic E-state index is 1.26. The van der Waals surface area contributed by atoms with Gasteiger partial charge in [-0.3, -0.25) is 0 Å². The minimum absolute atomic E-state index is 1.26. The number of aromatic nitrogens is 1. The average molecular weight is 143 g/mol. The Morgan fingerprint density at radius 3 is 2.09 bits per heavy atom. The summed E-state index contributed by atoms with van der Waals surface area (Å²) in [5.74, 6) is 0. The van der Waals surface area contributed by atoms with Crippen molar-refractivity contribution in [2.24, 2.45) is 0 Å². The molecule has 0 aliphatic carbocycles. The molecule has 0 spiro atoms. The molecular formula is C10H9N. The van der Waals surface area contributed by atoms with Crippen molar-refractivity contribution < 1.29 is 0 Å². The van der Waals surface area contributed by atoms with E-state index in [1.54, 1.807) is 6.20 Å². The highest BCUT2D eigenvalue weighted by Crippen LogP contribution is 2.13. The van der Waals surface area contributed by atoms with Gasteiger partial charge in [0.05, 0.1) is 0 Å². The van der Waals surface area contributed by atoms with Crippen LogP contribution in [0.15, 0.2) is 43.2 Å². The predicted octanol–water partition coefficient (Wildman–Crippen LogP) is 2.74. The highest BCUT2D eigenvalue weighted by molar-refractivity contribution is 5.82. The predicted molar refractivity (Wildman–Crippen MR) is 48.3 cm³/mol. The molecule has 1 aromatic carbocycles. The van der Waals surface area contributed by atoms with Crippen LogP contribution in [0.5, 0.6) is 0 Å². The topological polar surface area (TPSA) is 4.93 Å². The molecule has 0 radical (unpaired) electrons. The smallest absolute Gasteiger partial charge is 0.0161 e. The molecular weight excluding hydrogens is 134 g/mol. The van der Waals surface area contributed by atoms with Gasteiger partial charge in [0.1, 0.15) is 0 Å². The normalized spacial score (nSPS) is 10.2. The molecule has 0 unspecified atom stereocenters. The summed E-state index contributed by atoms with van der Waals surface area (Å²) in [5.41, 5.74) is 0. The summed E-state index contributed by atoms with van der Waals surface area (Å²) in [4.78, 5) is 0. The fourth-order valence-electron chi connectivity index (χ4n) is 1.21. The summed E-state index contributed by atoms with van der Waals surface area (Å²) in [6, 6.07) is 8.26. The van der Waals surface area contributed by atoms with E-state index in [1.165, 1.54) is 10.8 Å². The van der Waals surface area contributed by atoms with Crippen molar-refractivity contribution in [1.29, 1.82) is 0 Å². The second kappa shape index (κ2) is 2.27. The third kappa shape index (κ3) is 0.944. The van der Waals surface area contributed by atoms with Gasteiger partial charge in [-0.2, -0.15) is 0 Å². The van der Waals surface area contributed by atoms with E-state index in [4.69, 9.17) is 0 Å². The molecule has 1 nitrogen and oxygen atoms in total. The molecule has 2 aromatic rings. The van der Waals surface area contributed by atoms with Gasteiger partial charge in [-0.25, -0.2) is 0 Å². The average Bonchev–Trinajstić information content (AvgIpc) is 2.46. The standard InChI is InChI=1S/C10H9N/c1-2-11-7-9-5-3-4-6-10(9)8-11/h2-8H,1H2. The van der Waals surface area contributed by atoms with E-state index < -0.39 is 0 Å². The molecule has 1 heterocycles. The first-order valence-electron chi connectivity index (χ1n) is 3.59. The summed E-state index contributed by atoms with van der Waals surface area (Å²) in [7, 11) is 0. The maximum atomic E-state index is 3.69. The van der Waals surface area contributed by atoms with Gasteiger partial charge in [-0.05, 0) is 10.8 Å². The van der Waals surface area contributed by atoms with Crippen LogP contribution in [-0.4, -0.2) is 4.57 Å². The van der Waals surface area contributed by atoms with Gasteiger partial charge in [-0.1, -0.05) is 30.8 Å². The van der Waals surface area contributed by atoms with Gasteiger partial charge in [0, 0.05) is 18.6 Å². The zero-order valence-electron chi connectivity index (χ0n) is 6.20. The Balaban J connectivity index is 2.78. The summed E-state index contributed by atoms with van der Waals surface area (Å²) >= 11 is 0. The van der Waals surface area contributed by atoms with E-state index in [0.29, 0.717) is 0 Å². The van der Waals surface area contributed by atoms with Crippen LogP contribution in [-0.2, 0) is 0 Å². The van der Waals surface area contributed by atoms with Crippen LogP contribution in [0, 0.1) is 0 Å². The molecule has 2 rings (SSSR count). The van der Waals surface area contributed by atoms with Crippen molar-refractivity contribution in [3.63, 3.8) is 0 Å². The van der Waals surface area contributed by atoms with Gasteiger partial charge in [0.25, 0.3) is 0 Å². The highest BCUT2D eigenvalue weighted by atomic mass is 14.9. The van der Waals surface area contributed by atoms with Crippen LogP contribution in [0.4, 0.5) is 0 Å². The van der Waals surface area contributed by atoms with E-state index in [2.05, 4.69) is 31.1 Å². The second-order valence-electron chi connectivity index (χ2n) is 2.52. The van der Waals surface area contributed by atoms with E-state index in [-0.39, 0.29) is 0 Å². The molecule has 0 fully saturated rings. The third-order valence-electron chi connectivity index (χ3n) is 1.78. The van der Waals surface area contributed by atoms with Crippen molar-refractivity contribution in [1.82, 2.24) is 4.57 Å². The maximum Gasteiger partial charge on any atom is 0.0161 e. The molecule has 54 valence electrons. The fraction of sp³-hybridized carbons (Fsp3) is 0. The van der Waals surface area contributed by atoms with Crippen LogP contribution in [0.2, 0.25) is 0 Å². The first-order chi connectivity index (χ1) is 5.40. The number of rotatable bonds is 1. The Hall–Kier alpha value is -1.50. The first kappa shape index (κ1) is 6.23. The van der Waals surface area contributed by atoms with Gasteiger partial charge in [0.2, 0.25) is 0 Å². The van der Waals surface area contributed by atoms with E-state index in [0.717, 1.165) is 0 Å². The molecule has 0 atom stereocenters. The van der Waals surface area contributed by atoms with Crippen molar-refractivity contribution in [2.45, 2.75) is 0 Å². The van der Waals surface area contributed by atoms with Crippen LogP contribution >= 0.6 is 0 Å². The van der Waals surface area contributed by atoms with Crippen LogP contribution in [0.1, 0.15) is 0 Å². The Morgan fingerprint density at radius 1 is 1.09 bits per heavy atom. The monoisotopic (exact) mass is 143 g/mol. The van der Waals surface area contributed by atoms with Crippen molar-refractivity contribution in [3.8, 4) is 0 Å². The Bertz CT molecular complexity index is 351. The van der Waals surface area contributed by atoms with Gasteiger partial charge < -0.3 is 4.57 Å². The fourth-order valence-corrected chi connectivity index (χ4v) is 1.21. The summed E-state index contributed by atoms with van der Waals surface area (Å²) in [6.07, 6.45) is 5.91. The number of fused-ring (bicyclic) bond motifs is 1. The lowest BCUT2D eigenvalue weighted by Crippen LogP contribution is -1.73. The molecule has 1 aromatic heterocycles. The molecule has 0 amide bonds. The largest absolute Gasteiger partial charge is 0.330 e. The van der Waals surface area contributed by atoms with Gasteiger partial charge in [-0.15, -0.1) is 0 Å². The number of hydrogen-bond donors (Lipinski definition) is 0. The number of nitrogens with zero attached hydrogens (tertiary/aromatic N) is 1. The van der Waals surface area contributed by atoms with E-state index in [1.807, 2.05) is 16.7 Å². The molecule has 11 heavy (non-hydrogen) atoms. The maximum absolute atomic E-state index is 3.69. The molecule has 0 bridgehead atoms. The SMILES string of the molecule is C=Cn1cc2ccccc2c1. The van der Waals surface area contributed by atoms with E-state index in [9.17, 15) is 0 Å². The Kier molecular flexibility index (Phi) is 1.29. The molecule has 0 aliphatic rings. The van der Waals surface area contributed by atoms with Gasteiger partial charge >= 0.3 is 0 Å².